The van der Waals surface area contributed by atoms with Crippen LogP contribution in [0.1, 0.15) is 26.3 Å². The molecule has 0 saturated heterocycles. The molecule has 0 aliphatic rings. The molecule has 164 valence electrons. The van der Waals surface area contributed by atoms with E-state index in [1.165, 1.54) is 10.4 Å². The highest BCUT2D eigenvalue weighted by atomic mass is 79.9. The van der Waals surface area contributed by atoms with Crippen molar-refractivity contribution in [3.05, 3.63) is 93.4 Å². The third kappa shape index (κ3) is 5.59. The molecule has 0 aromatic heterocycles. The van der Waals surface area contributed by atoms with Crippen LogP contribution in [0, 0.1) is 0 Å². The maximum atomic E-state index is 14.0. The number of rotatable bonds is 6. The molecule has 0 amide bonds. The van der Waals surface area contributed by atoms with Gasteiger partial charge in [0.25, 0.3) is 8.24 Å². The Morgan fingerprint density at radius 2 is 1.39 bits per heavy atom. The lowest BCUT2D eigenvalue weighted by molar-refractivity contribution is 0.678. The summed E-state index contributed by atoms with van der Waals surface area (Å²) < 4.78 is 21.4. The molecule has 3 aromatic rings. The molecule has 0 radical (unpaired) electrons. The molecule has 0 spiro atoms. The van der Waals surface area contributed by atoms with Crippen LogP contribution in [0.2, 0.25) is 5.04 Å². The maximum absolute atomic E-state index is 14.0. The van der Waals surface area contributed by atoms with Crippen LogP contribution in [0.15, 0.2) is 91.8 Å². The summed E-state index contributed by atoms with van der Waals surface area (Å²) in [5.41, 5.74) is 1.14. The van der Waals surface area contributed by atoms with E-state index in [4.69, 9.17) is 4.03 Å². The van der Waals surface area contributed by atoms with Gasteiger partial charge in [0.2, 0.25) is 0 Å². The van der Waals surface area contributed by atoms with Crippen LogP contribution in [0.3, 0.4) is 0 Å². The highest BCUT2D eigenvalue weighted by Crippen LogP contribution is 2.37. The first kappa shape index (κ1) is 24.4. The molecule has 1 atom stereocenters. The van der Waals surface area contributed by atoms with Crippen molar-refractivity contribution in [2.24, 2.45) is 4.03 Å². The van der Waals surface area contributed by atoms with Gasteiger partial charge >= 0.3 is 0 Å². The summed E-state index contributed by atoms with van der Waals surface area (Å²) in [6, 6.07) is 27.1. The number of halogens is 2. The van der Waals surface area contributed by atoms with E-state index in [0.717, 1.165) is 14.5 Å². The van der Waals surface area contributed by atoms with E-state index in [-0.39, 0.29) is 5.04 Å². The summed E-state index contributed by atoms with van der Waals surface area (Å²) in [6.45, 7) is 6.72. The zero-order chi connectivity index (χ0) is 22.7. The average Bonchev–Trinajstić information content (AvgIpc) is 2.73. The van der Waals surface area contributed by atoms with Gasteiger partial charge in [-0.2, -0.15) is 0 Å². The maximum Gasteiger partial charge on any atom is 0.259 e. The third-order valence-electron chi connectivity index (χ3n) is 5.56. The lowest BCUT2D eigenvalue weighted by Gasteiger charge is -2.40. The van der Waals surface area contributed by atoms with E-state index < -0.39 is 18.0 Å². The molecule has 2 nitrogen and oxygen atoms in total. The van der Waals surface area contributed by atoms with Crippen molar-refractivity contribution < 1.29 is 4.21 Å². The Labute approximate surface area is 205 Å². The lowest BCUT2D eigenvalue weighted by atomic mass is 10.2. The molecule has 0 N–H and O–H groups in total. The van der Waals surface area contributed by atoms with E-state index in [0.29, 0.717) is 12.2 Å². The highest BCUT2D eigenvalue weighted by Gasteiger charge is 2.49. The van der Waals surface area contributed by atoms with Crippen molar-refractivity contribution in [1.29, 1.82) is 0 Å². The number of nitrogens with zero attached hydrogens (tertiary/aromatic N) is 1. The predicted molar refractivity (Wildman–Crippen MR) is 145 cm³/mol. The molecule has 0 fully saturated rings. The fourth-order valence-corrected chi connectivity index (χ4v) is 13.5. The highest BCUT2D eigenvalue weighted by molar-refractivity contribution is 9.11. The molecule has 6 heteroatoms. The molecule has 1 unspecified atom stereocenters. The van der Waals surface area contributed by atoms with Gasteiger partial charge in [-0.15, -0.1) is 0 Å². The molecule has 0 aliphatic carbocycles. The first-order valence-corrected chi connectivity index (χ1v) is 15.9. The molecule has 0 bridgehead atoms. The van der Waals surface area contributed by atoms with E-state index in [9.17, 15) is 4.21 Å². The van der Waals surface area contributed by atoms with Gasteiger partial charge in [0.15, 0.2) is 0 Å². The molecule has 0 heterocycles. The largest absolute Gasteiger partial charge is 0.266 e. The van der Waals surface area contributed by atoms with Gasteiger partial charge in [-0.25, -0.2) is 0 Å². The van der Waals surface area contributed by atoms with E-state index in [1.807, 2.05) is 30.5 Å². The third-order valence-corrected chi connectivity index (χ3v) is 14.9. The van der Waals surface area contributed by atoms with Crippen molar-refractivity contribution in [3.63, 3.8) is 0 Å². The van der Waals surface area contributed by atoms with Crippen LogP contribution in [0.25, 0.3) is 0 Å². The van der Waals surface area contributed by atoms with E-state index in [1.54, 1.807) is 0 Å². The number of benzene rings is 3. The van der Waals surface area contributed by atoms with Crippen molar-refractivity contribution in [2.45, 2.75) is 32.2 Å². The monoisotopic (exact) mass is 577 g/mol. The Bertz CT molecular complexity index is 1110. The Kier molecular flexibility index (Phi) is 7.67. The van der Waals surface area contributed by atoms with Gasteiger partial charge in [0.05, 0.1) is 0 Å². The zero-order valence-corrected chi connectivity index (χ0v) is 23.4. The van der Waals surface area contributed by atoms with Crippen molar-refractivity contribution in [1.82, 2.24) is 0 Å². The Morgan fingerprint density at radius 1 is 0.871 bits per heavy atom. The van der Waals surface area contributed by atoms with Crippen LogP contribution in [-0.2, 0) is 16.1 Å². The average molecular weight is 579 g/mol. The van der Waals surface area contributed by atoms with Crippen LogP contribution in [0.4, 0.5) is 0 Å². The summed E-state index contributed by atoms with van der Waals surface area (Å²) in [7, 11) is -5.16. The van der Waals surface area contributed by atoms with Gasteiger partial charge in [0, 0.05) is 30.7 Å². The molecular weight excluding hydrogens is 550 g/mol. The van der Waals surface area contributed by atoms with Gasteiger partial charge in [-0.3, -0.25) is 8.24 Å². The van der Waals surface area contributed by atoms with E-state index >= 15 is 0 Å². The summed E-state index contributed by atoms with van der Waals surface area (Å²) in [5, 5.41) is 2.25. The quantitative estimate of drug-likeness (QED) is 0.311. The molecule has 0 aliphatic heterocycles. The Hall–Kier alpha value is -1.21. The van der Waals surface area contributed by atoms with Gasteiger partial charge in [0.1, 0.15) is 0 Å². The number of aryl methyl sites for hydroxylation is 1. The Balaban J connectivity index is 2.16. The van der Waals surface area contributed by atoms with Crippen LogP contribution in [-0.4, -0.2) is 24.5 Å². The smallest absolute Gasteiger partial charge is 0.259 e. The Morgan fingerprint density at radius 3 is 1.87 bits per heavy atom. The zero-order valence-electron chi connectivity index (χ0n) is 18.4. The summed E-state index contributed by atoms with van der Waals surface area (Å²) in [6.07, 6.45) is 2.54. The minimum Gasteiger partial charge on any atom is -0.266 e. The van der Waals surface area contributed by atoms with Crippen molar-refractivity contribution >= 4 is 60.2 Å². The summed E-state index contributed by atoms with van der Waals surface area (Å²) in [5.74, 6) is 0.520. The van der Waals surface area contributed by atoms with Crippen LogP contribution >= 0.6 is 31.9 Å². The fraction of sp³-hybridized carbons (Fsp3) is 0.280. The van der Waals surface area contributed by atoms with E-state index in [2.05, 4.69) is 107 Å². The summed E-state index contributed by atoms with van der Waals surface area (Å²) >= 11 is 7.17. The fourth-order valence-electron chi connectivity index (χ4n) is 4.00. The minimum absolute atomic E-state index is 0.148. The number of hydrogen-bond donors (Lipinski definition) is 0. The second kappa shape index (κ2) is 9.73. The van der Waals surface area contributed by atoms with Gasteiger partial charge in [-0.05, 0) is 45.6 Å². The molecule has 31 heavy (non-hydrogen) atoms. The molecular formula is C25H29Br2NOSSi. The topological polar surface area (TPSA) is 29.4 Å². The molecule has 0 saturated carbocycles. The summed E-state index contributed by atoms with van der Waals surface area (Å²) in [4.78, 5) is 0. The van der Waals surface area contributed by atoms with Crippen LogP contribution in [0.5, 0.6) is 0 Å². The molecule has 3 aromatic carbocycles. The first-order chi connectivity index (χ1) is 14.6. The van der Waals surface area contributed by atoms with Crippen molar-refractivity contribution in [2.75, 3.05) is 12.0 Å². The standard InChI is InChI=1S/C25H29Br2NOSSi/c1-25(2,3)31(22-11-7-5-8-12-22,23-13-9-6-10-14-23)28-30(4,29)18-17-20-19-21(26)15-16-24(20)27/h5-16,19H,17-18H2,1-4H3. The second-order valence-corrected chi connectivity index (χ2v) is 17.8. The second-order valence-electron chi connectivity index (χ2n) is 8.93. The van der Waals surface area contributed by atoms with Gasteiger partial charge < -0.3 is 0 Å². The normalized spacial score (nSPS) is 14.1. The minimum atomic E-state index is -2.72. The SMILES string of the molecule is CC(C)(C)[Si](N=S(C)(=O)CCc1cc(Br)ccc1Br)(c1ccccc1)c1ccccc1. The lowest BCUT2D eigenvalue weighted by Crippen LogP contribution is -2.63. The molecule has 3 rings (SSSR count). The predicted octanol–water partition coefficient (Wildman–Crippen LogP) is 6.41. The van der Waals surface area contributed by atoms with Crippen molar-refractivity contribution in [3.8, 4) is 0 Å². The van der Waals surface area contributed by atoms with Crippen LogP contribution < -0.4 is 10.4 Å². The first-order valence-electron chi connectivity index (χ1n) is 10.3. The van der Waals surface area contributed by atoms with Gasteiger partial charge in [-0.1, -0.05) is 113 Å². The number of hydrogen-bond acceptors (Lipinski definition) is 2.